The average molecular weight is 408 g/mol. The molecule has 1 N–H and O–H groups in total. The molecule has 3 heterocycles. The van der Waals surface area contributed by atoms with Crippen LogP contribution in [0.3, 0.4) is 0 Å². The molecule has 1 atom stereocenters. The van der Waals surface area contributed by atoms with Gasteiger partial charge in [-0.15, -0.1) is 0 Å². The first-order valence-corrected chi connectivity index (χ1v) is 10.8. The lowest BCUT2D eigenvalue weighted by molar-refractivity contribution is -0.118. The third-order valence-electron chi connectivity index (χ3n) is 7.33. The van der Waals surface area contributed by atoms with Crippen molar-refractivity contribution in [2.75, 3.05) is 11.4 Å². The Morgan fingerprint density at radius 1 is 0.935 bits per heavy atom. The Bertz CT molecular complexity index is 1410. The number of nitrogens with zero attached hydrogens (tertiary/aromatic N) is 2. The van der Waals surface area contributed by atoms with Crippen molar-refractivity contribution in [2.45, 2.75) is 24.9 Å². The summed E-state index contributed by atoms with van der Waals surface area (Å²) >= 11 is 0. The van der Waals surface area contributed by atoms with Crippen LogP contribution < -0.4 is 10.2 Å². The second-order valence-electron chi connectivity index (χ2n) is 9.23. The van der Waals surface area contributed by atoms with E-state index in [1.165, 1.54) is 27.4 Å². The molecule has 0 aliphatic carbocycles. The third kappa shape index (κ3) is 2.27. The molecule has 0 radical (unpaired) electrons. The Labute approximate surface area is 181 Å². The minimum atomic E-state index is -0.568. The number of benzene rings is 3. The maximum Gasteiger partial charge on any atom is 0.241 e. The van der Waals surface area contributed by atoms with Gasteiger partial charge in [-0.25, -0.2) is 0 Å². The van der Waals surface area contributed by atoms with Crippen LogP contribution in [-0.4, -0.2) is 22.7 Å². The first-order valence-electron chi connectivity index (χ1n) is 10.8. The van der Waals surface area contributed by atoms with Gasteiger partial charge in [-0.05, 0) is 35.4 Å². The average Bonchev–Trinajstić information content (AvgIpc) is 3.33. The molecule has 2 aliphatic rings. The maximum absolute atomic E-state index is 12.5. The minimum absolute atomic E-state index is 0.0661. The Morgan fingerprint density at radius 3 is 2.55 bits per heavy atom. The van der Waals surface area contributed by atoms with Gasteiger partial charge in [-0.1, -0.05) is 68.5 Å². The highest BCUT2D eigenvalue weighted by Crippen LogP contribution is 2.52. The summed E-state index contributed by atoms with van der Waals surface area (Å²) < 4.78 is 2.25. The Kier molecular flexibility index (Phi) is 3.54. The number of aromatic nitrogens is 1. The van der Waals surface area contributed by atoms with Crippen LogP contribution in [0.15, 0.2) is 72.8 Å². The number of fused-ring (bicyclic) bond motifs is 6. The molecule has 0 bridgehead atoms. The predicted molar refractivity (Wildman–Crippen MR) is 127 cm³/mol. The zero-order valence-electron chi connectivity index (χ0n) is 18.0. The molecule has 154 valence electrons. The minimum Gasteiger partial charge on any atom is -0.344 e. The van der Waals surface area contributed by atoms with Crippen molar-refractivity contribution >= 4 is 39.5 Å². The lowest BCUT2D eigenvalue weighted by Gasteiger charge is -2.40. The molecule has 1 aromatic heterocycles. The van der Waals surface area contributed by atoms with Gasteiger partial charge in [0, 0.05) is 40.0 Å². The molecule has 1 fully saturated rings. The molecule has 4 nitrogen and oxygen atoms in total. The first-order chi connectivity index (χ1) is 14.9. The molecule has 2 aliphatic heterocycles. The van der Waals surface area contributed by atoms with E-state index in [1.807, 2.05) is 6.07 Å². The molecular formula is C27H25N3O. The topological polar surface area (TPSA) is 37.3 Å². The summed E-state index contributed by atoms with van der Waals surface area (Å²) in [6, 6.07) is 23.5. The van der Waals surface area contributed by atoms with Crippen molar-refractivity contribution in [1.29, 1.82) is 0 Å². The number of aryl methyl sites for hydroxylation is 1. The van der Waals surface area contributed by atoms with Crippen LogP contribution in [0.1, 0.15) is 25.0 Å². The standard InChI is InChI=1S/C27H25N3O/c1-26(2)21-9-5-7-11-23(21)30-17-25(31)28-27(26,30)15-14-18-12-13-20-19-8-4-6-10-22(19)29(3)24(20)16-18/h4-16H,17H2,1-3H3,(H,28,31)/b15-14+/t27-/m0/s1. The zero-order chi connectivity index (χ0) is 21.4. The number of rotatable bonds is 2. The highest BCUT2D eigenvalue weighted by Gasteiger charge is 2.59. The lowest BCUT2D eigenvalue weighted by Crippen LogP contribution is -2.58. The fraction of sp³-hybridized carbons (Fsp3) is 0.222. The van der Waals surface area contributed by atoms with E-state index in [-0.39, 0.29) is 11.3 Å². The quantitative estimate of drug-likeness (QED) is 0.509. The van der Waals surface area contributed by atoms with E-state index in [1.54, 1.807) is 0 Å². The summed E-state index contributed by atoms with van der Waals surface area (Å²) in [6.45, 7) is 4.82. The molecule has 6 rings (SSSR count). The number of nitrogens with one attached hydrogen (secondary N) is 1. The maximum atomic E-state index is 12.5. The summed E-state index contributed by atoms with van der Waals surface area (Å²) in [5.74, 6) is 0.0661. The number of carbonyl (C=O) groups excluding carboxylic acids is 1. The third-order valence-corrected chi connectivity index (χ3v) is 7.33. The fourth-order valence-electron chi connectivity index (χ4n) is 5.64. The van der Waals surface area contributed by atoms with Crippen molar-refractivity contribution in [3.05, 3.63) is 83.9 Å². The van der Waals surface area contributed by atoms with Gasteiger partial charge in [0.25, 0.3) is 0 Å². The molecule has 31 heavy (non-hydrogen) atoms. The second kappa shape index (κ2) is 6.01. The highest BCUT2D eigenvalue weighted by atomic mass is 16.2. The Morgan fingerprint density at radius 2 is 1.68 bits per heavy atom. The van der Waals surface area contributed by atoms with E-state index in [4.69, 9.17) is 0 Å². The Balaban J connectivity index is 1.48. The molecule has 0 unspecified atom stereocenters. The molecular weight excluding hydrogens is 382 g/mol. The van der Waals surface area contributed by atoms with Gasteiger partial charge < -0.3 is 14.8 Å². The number of hydrogen-bond acceptors (Lipinski definition) is 2. The monoisotopic (exact) mass is 407 g/mol. The van der Waals surface area contributed by atoms with Gasteiger partial charge >= 0.3 is 0 Å². The van der Waals surface area contributed by atoms with Gasteiger partial charge in [-0.3, -0.25) is 4.79 Å². The molecule has 4 aromatic rings. The van der Waals surface area contributed by atoms with Crippen LogP contribution in [-0.2, 0) is 17.3 Å². The van der Waals surface area contributed by atoms with E-state index in [0.717, 1.165) is 11.3 Å². The van der Waals surface area contributed by atoms with Crippen LogP contribution in [0.2, 0.25) is 0 Å². The number of carbonyl (C=O) groups is 1. The summed E-state index contributed by atoms with van der Waals surface area (Å²) in [5.41, 5.74) is 5.16. The molecule has 0 spiro atoms. The van der Waals surface area contributed by atoms with E-state index in [0.29, 0.717) is 6.54 Å². The predicted octanol–water partition coefficient (Wildman–Crippen LogP) is 4.97. The van der Waals surface area contributed by atoms with E-state index < -0.39 is 5.66 Å². The van der Waals surface area contributed by atoms with Crippen LogP contribution in [0.4, 0.5) is 5.69 Å². The van der Waals surface area contributed by atoms with Crippen molar-refractivity contribution < 1.29 is 4.79 Å². The summed E-state index contributed by atoms with van der Waals surface area (Å²) in [5, 5.41) is 5.84. The molecule has 3 aromatic carbocycles. The number of para-hydroxylation sites is 2. The lowest BCUT2D eigenvalue weighted by atomic mass is 9.75. The number of amides is 1. The van der Waals surface area contributed by atoms with Crippen molar-refractivity contribution in [3.8, 4) is 0 Å². The fourth-order valence-corrected chi connectivity index (χ4v) is 5.64. The number of anilines is 1. The smallest absolute Gasteiger partial charge is 0.241 e. The van der Waals surface area contributed by atoms with Crippen molar-refractivity contribution in [2.24, 2.45) is 7.05 Å². The van der Waals surface area contributed by atoms with Crippen molar-refractivity contribution in [3.63, 3.8) is 0 Å². The SMILES string of the molecule is Cn1c2ccccc2c2ccc(/C=C/[C@]34NC(=O)CN3c3ccccc3C4(C)C)cc21. The second-order valence-corrected chi connectivity index (χ2v) is 9.23. The van der Waals surface area contributed by atoms with Gasteiger partial charge in [0.2, 0.25) is 5.91 Å². The van der Waals surface area contributed by atoms with E-state index in [2.05, 4.69) is 108 Å². The van der Waals surface area contributed by atoms with Gasteiger partial charge in [0.15, 0.2) is 0 Å². The Hall–Kier alpha value is -3.53. The van der Waals surface area contributed by atoms with Crippen LogP contribution in [0, 0.1) is 0 Å². The molecule has 4 heteroatoms. The normalized spacial score (nSPS) is 21.8. The highest BCUT2D eigenvalue weighted by molar-refractivity contribution is 6.08. The summed E-state index contributed by atoms with van der Waals surface area (Å²) in [6.07, 6.45) is 4.34. The molecule has 1 amide bonds. The largest absolute Gasteiger partial charge is 0.344 e. The molecule has 1 saturated heterocycles. The van der Waals surface area contributed by atoms with Gasteiger partial charge in [0.05, 0.1) is 6.54 Å². The van der Waals surface area contributed by atoms with Crippen LogP contribution in [0.5, 0.6) is 0 Å². The number of hydrogen-bond donors (Lipinski definition) is 1. The zero-order valence-corrected chi connectivity index (χ0v) is 18.0. The van der Waals surface area contributed by atoms with Crippen LogP contribution in [0.25, 0.3) is 27.9 Å². The van der Waals surface area contributed by atoms with E-state index in [9.17, 15) is 4.79 Å². The van der Waals surface area contributed by atoms with Gasteiger partial charge in [0.1, 0.15) is 5.66 Å². The molecule has 0 saturated carbocycles. The van der Waals surface area contributed by atoms with Crippen LogP contribution >= 0.6 is 0 Å². The van der Waals surface area contributed by atoms with Crippen molar-refractivity contribution in [1.82, 2.24) is 9.88 Å². The summed E-state index contributed by atoms with van der Waals surface area (Å²) in [7, 11) is 2.12. The first kappa shape index (κ1) is 18.3. The summed E-state index contributed by atoms with van der Waals surface area (Å²) in [4.78, 5) is 14.7. The van der Waals surface area contributed by atoms with E-state index >= 15 is 0 Å². The van der Waals surface area contributed by atoms with Gasteiger partial charge in [-0.2, -0.15) is 0 Å².